The average Bonchev–Trinajstić information content (AvgIpc) is 3.21. The molecule has 1 N–H and O–H groups in total. The van der Waals surface area contributed by atoms with Crippen LogP contribution in [0.25, 0.3) is 0 Å². The van der Waals surface area contributed by atoms with Gasteiger partial charge in [0.15, 0.2) is 6.10 Å². The van der Waals surface area contributed by atoms with E-state index < -0.39 is 53.9 Å². The number of esters is 3. The van der Waals surface area contributed by atoms with E-state index in [1.54, 1.807) is 66.7 Å². The summed E-state index contributed by atoms with van der Waals surface area (Å²) in [7, 11) is 0. The van der Waals surface area contributed by atoms with Crippen LogP contribution in [-0.4, -0.2) is 59.0 Å². The van der Waals surface area contributed by atoms with Gasteiger partial charge < -0.3 is 24.1 Å². The first kappa shape index (κ1) is 26.7. The zero-order valence-electron chi connectivity index (χ0n) is 20.7. The predicted molar refractivity (Wildman–Crippen MR) is 133 cm³/mol. The fourth-order valence-electron chi connectivity index (χ4n) is 4.18. The summed E-state index contributed by atoms with van der Waals surface area (Å²) < 4.78 is 22.2. The molecule has 3 aromatic carbocycles. The van der Waals surface area contributed by atoms with Crippen LogP contribution in [0.1, 0.15) is 44.9 Å². The molecule has 9 nitrogen and oxygen atoms in total. The molecule has 196 valence electrons. The molecule has 1 fully saturated rings. The predicted octanol–water partition coefficient (Wildman–Crippen LogP) is 3.36. The van der Waals surface area contributed by atoms with Gasteiger partial charge in [-0.3, -0.25) is 9.59 Å². The molecule has 4 rings (SSSR count). The molecule has 0 amide bonds. The monoisotopic (exact) mass is 518 g/mol. The van der Waals surface area contributed by atoms with Gasteiger partial charge in [-0.15, -0.1) is 0 Å². The smallest absolute Gasteiger partial charge is 0.338 e. The van der Waals surface area contributed by atoms with Crippen molar-refractivity contribution in [3.05, 3.63) is 108 Å². The van der Waals surface area contributed by atoms with E-state index in [1.807, 2.05) is 0 Å². The van der Waals surface area contributed by atoms with Crippen molar-refractivity contribution in [1.29, 1.82) is 0 Å². The number of benzene rings is 3. The normalized spacial score (nSPS) is 23.2. The van der Waals surface area contributed by atoms with Gasteiger partial charge in [0, 0.05) is 12.5 Å². The first-order chi connectivity index (χ1) is 18.2. The number of hydrogen-bond donors (Lipinski definition) is 1. The molecule has 1 heterocycles. The summed E-state index contributed by atoms with van der Waals surface area (Å²) in [6.07, 6.45) is -6.10. The number of ether oxygens (including phenoxy) is 4. The van der Waals surface area contributed by atoms with Crippen molar-refractivity contribution in [2.45, 2.75) is 44.1 Å². The number of aliphatic hydroxyl groups is 1. The molecule has 0 aromatic heterocycles. The molecular formula is C29H26O9. The van der Waals surface area contributed by atoms with Gasteiger partial charge in [-0.1, -0.05) is 66.7 Å². The third-order valence-electron chi connectivity index (χ3n) is 6.05. The minimum absolute atomic E-state index is 0.0612. The summed E-state index contributed by atoms with van der Waals surface area (Å²) in [6.45, 7) is 2.53. The first-order valence-electron chi connectivity index (χ1n) is 11.9. The molecular weight excluding hydrogens is 492 g/mol. The number of Topliss-reactive ketones (excluding diaryl/α,β-unsaturated/α-hetero) is 1. The second-order valence-corrected chi connectivity index (χ2v) is 8.73. The minimum atomic E-state index is -2.66. The second-order valence-electron chi connectivity index (χ2n) is 8.73. The van der Waals surface area contributed by atoms with E-state index in [1.165, 1.54) is 31.2 Å². The van der Waals surface area contributed by atoms with E-state index in [0.29, 0.717) is 0 Å². The van der Waals surface area contributed by atoms with Gasteiger partial charge in [-0.25, -0.2) is 9.59 Å². The van der Waals surface area contributed by atoms with Crippen molar-refractivity contribution in [2.24, 2.45) is 0 Å². The third kappa shape index (κ3) is 5.49. The van der Waals surface area contributed by atoms with E-state index >= 15 is 0 Å². The Morgan fingerprint density at radius 1 is 0.763 bits per heavy atom. The highest BCUT2D eigenvalue weighted by atomic mass is 16.7. The van der Waals surface area contributed by atoms with Crippen LogP contribution >= 0.6 is 0 Å². The molecule has 3 aromatic rings. The first-order valence-corrected chi connectivity index (χ1v) is 11.9. The lowest BCUT2D eigenvalue weighted by atomic mass is 9.85. The molecule has 5 atom stereocenters. The Labute approximate surface area is 218 Å². The lowest BCUT2D eigenvalue weighted by Gasteiger charge is -2.32. The van der Waals surface area contributed by atoms with E-state index in [0.717, 1.165) is 6.92 Å². The van der Waals surface area contributed by atoms with Gasteiger partial charge in [0.2, 0.25) is 17.7 Å². The maximum atomic E-state index is 13.7. The van der Waals surface area contributed by atoms with Gasteiger partial charge >= 0.3 is 17.9 Å². The van der Waals surface area contributed by atoms with E-state index in [2.05, 4.69) is 0 Å². The third-order valence-corrected chi connectivity index (χ3v) is 6.05. The van der Waals surface area contributed by atoms with Crippen molar-refractivity contribution in [3.63, 3.8) is 0 Å². The Morgan fingerprint density at radius 3 is 1.74 bits per heavy atom. The SMILES string of the molecule is CC(=O)OC1O[C@H]([C@H](C)OC(=O)c2ccccc2)[C@@H](OC(=O)c2ccccc2)[C@]1(O)C(=O)c1ccccc1. The van der Waals surface area contributed by atoms with Crippen LogP contribution in [0.5, 0.6) is 0 Å². The highest BCUT2D eigenvalue weighted by Crippen LogP contribution is 2.39. The van der Waals surface area contributed by atoms with Crippen LogP contribution < -0.4 is 0 Å². The summed E-state index contributed by atoms with van der Waals surface area (Å²) in [6, 6.07) is 23.8. The Hall–Kier alpha value is -4.34. The molecule has 0 spiro atoms. The Morgan fingerprint density at radius 2 is 1.24 bits per heavy atom. The summed E-state index contributed by atoms with van der Waals surface area (Å²) in [4.78, 5) is 51.4. The fourth-order valence-corrected chi connectivity index (χ4v) is 4.18. The molecule has 0 bridgehead atoms. The lowest BCUT2D eigenvalue weighted by Crippen LogP contribution is -2.58. The number of hydrogen-bond acceptors (Lipinski definition) is 9. The number of ketones is 1. The molecule has 38 heavy (non-hydrogen) atoms. The lowest BCUT2D eigenvalue weighted by molar-refractivity contribution is -0.201. The van der Waals surface area contributed by atoms with E-state index in [-0.39, 0.29) is 16.7 Å². The van der Waals surface area contributed by atoms with Crippen molar-refractivity contribution >= 4 is 23.7 Å². The average molecular weight is 519 g/mol. The summed E-state index contributed by atoms with van der Waals surface area (Å²) in [5.74, 6) is -3.33. The van der Waals surface area contributed by atoms with Gasteiger partial charge in [-0.2, -0.15) is 0 Å². The standard InChI is InChI=1S/C29H26O9/c1-18(35-26(32)21-14-8-4-9-15-21)23-25(38-27(33)22-16-10-5-11-17-22)29(34,28(37-23)36-19(2)30)24(31)20-12-6-3-7-13-20/h3-18,23,25,28,34H,1-2H3/t18-,23+,25+,28?,29+/m0/s1. The van der Waals surface area contributed by atoms with Crippen LogP contribution in [0.15, 0.2) is 91.0 Å². The zero-order valence-corrected chi connectivity index (χ0v) is 20.7. The van der Waals surface area contributed by atoms with Crippen LogP contribution in [0.2, 0.25) is 0 Å². The highest BCUT2D eigenvalue weighted by molar-refractivity contribution is 6.04. The fraction of sp³-hybridized carbons (Fsp3) is 0.241. The maximum Gasteiger partial charge on any atom is 0.338 e. The minimum Gasteiger partial charge on any atom is -0.456 e. The number of carbonyl (C=O) groups is 4. The van der Waals surface area contributed by atoms with E-state index in [4.69, 9.17) is 18.9 Å². The Bertz CT molecular complexity index is 1290. The van der Waals surface area contributed by atoms with Crippen LogP contribution in [-0.2, 0) is 23.7 Å². The molecule has 1 saturated heterocycles. The summed E-state index contributed by atoms with van der Waals surface area (Å²) in [5.41, 5.74) is -2.20. The quantitative estimate of drug-likeness (QED) is 0.271. The van der Waals surface area contributed by atoms with Crippen molar-refractivity contribution in [1.82, 2.24) is 0 Å². The number of rotatable bonds is 8. The molecule has 0 radical (unpaired) electrons. The van der Waals surface area contributed by atoms with Gasteiger partial charge in [-0.05, 0) is 31.2 Å². The van der Waals surface area contributed by atoms with Crippen molar-refractivity contribution in [2.75, 3.05) is 0 Å². The van der Waals surface area contributed by atoms with Gasteiger partial charge in [0.05, 0.1) is 11.1 Å². The molecule has 0 aliphatic carbocycles. The Balaban J connectivity index is 1.73. The van der Waals surface area contributed by atoms with Crippen molar-refractivity contribution in [3.8, 4) is 0 Å². The highest BCUT2D eigenvalue weighted by Gasteiger charge is 2.66. The molecule has 9 heteroatoms. The zero-order chi connectivity index (χ0) is 27.3. The molecule has 1 aliphatic rings. The van der Waals surface area contributed by atoms with Crippen LogP contribution in [0, 0.1) is 0 Å². The molecule has 0 saturated carbocycles. The summed E-state index contributed by atoms with van der Waals surface area (Å²) in [5, 5.41) is 11.9. The van der Waals surface area contributed by atoms with Crippen LogP contribution in [0.3, 0.4) is 0 Å². The Kier molecular flexibility index (Phi) is 7.99. The number of carbonyl (C=O) groups excluding carboxylic acids is 4. The van der Waals surface area contributed by atoms with Crippen LogP contribution in [0.4, 0.5) is 0 Å². The summed E-state index contributed by atoms with van der Waals surface area (Å²) >= 11 is 0. The second kappa shape index (κ2) is 11.4. The topological polar surface area (TPSA) is 125 Å². The van der Waals surface area contributed by atoms with Gasteiger partial charge in [0.1, 0.15) is 12.2 Å². The molecule has 1 aliphatic heterocycles. The van der Waals surface area contributed by atoms with Crippen molar-refractivity contribution < 1.29 is 43.2 Å². The molecule has 1 unspecified atom stereocenters. The van der Waals surface area contributed by atoms with E-state index in [9.17, 15) is 24.3 Å². The maximum absolute atomic E-state index is 13.7. The van der Waals surface area contributed by atoms with Gasteiger partial charge in [0.25, 0.3) is 0 Å². The largest absolute Gasteiger partial charge is 0.456 e.